The van der Waals surface area contributed by atoms with Crippen LogP contribution in [0.25, 0.3) is 0 Å². The predicted octanol–water partition coefficient (Wildman–Crippen LogP) is 1.88. The van der Waals surface area contributed by atoms with E-state index in [-0.39, 0.29) is 0 Å². The zero-order valence-corrected chi connectivity index (χ0v) is 7.55. The molecule has 0 fully saturated rings. The minimum Gasteiger partial charge on any atom is -0.490 e. The van der Waals surface area contributed by atoms with Crippen LogP contribution in [0, 0.1) is 5.41 Å². The van der Waals surface area contributed by atoms with Crippen molar-refractivity contribution in [3.8, 4) is 5.75 Å². The monoisotopic (exact) mass is 176 g/mol. The molecule has 1 aromatic rings. The number of hydrogen-bond donors (Lipinski definition) is 2. The molecule has 1 aliphatic rings. The van der Waals surface area contributed by atoms with Gasteiger partial charge in [0, 0.05) is 17.8 Å². The summed E-state index contributed by atoms with van der Waals surface area (Å²) in [4.78, 5) is 0. The van der Waals surface area contributed by atoms with Crippen molar-refractivity contribution >= 4 is 11.4 Å². The summed E-state index contributed by atoms with van der Waals surface area (Å²) in [7, 11) is 0. The van der Waals surface area contributed by atoms with Gasteiger partial charge in [-0.05, 0) is 13.0 Å². The Morgan fingerprint density at radius 3 is 3.15 bits per heavy atom. The topological polar surface area (TPSA) is 45.1 Å². The normalized spacial score (nSPS) is 13.9. The van der Waals surface area contributed by atoms with E-state index in [1.807, 2.05) is 18.2 Å². The summed E-state index contributed by atoms with van der Waals surface area (Å²) >= 11 is 0. The lowest BCUT2D eigenvalue weighted by molar-refractivity contribution is 0.323. The third-order valence-corrected chi connectivity index (χ3v) is 2.09. The molecule has 0 aromatic heterocycles. The molecule has 0 atom stereocenters. The van der Waals surface area contributed by atoms with Crippen LogP contribution in [0.4, 0.5) is 5.69 Å². The summed E-state index contributed by atoms with van der Waals surface area (Å²) in [6.45, 7) is 3.30. The molecule has 0 saturated heterocycles. The van der Waals surface area contributed by atoms with Crippen LogP contribution in [0.2, 0.25) is 0 Å². The number of para-hydroxylation sites is 1. The quantitative estimate of drug-likeness (QED) is 0.642. The number of anilines is 1. The minimum atomic E-state index is 0.565. The highest BCUT2D eigenvalue weighted by Gasteiger charge is 2.13. The third-order valence-electron chi connectivity index (χ3n) is 2.09. The Bertz CT molecular complexity index is 347. The molecular formula is C10H12N2O. The summed E-state index contributed by atoms with van der Waals surface area (Å²) in [5.41, 5.74) is 2.45. The lowest BCUT2D eigenvalue weighted by atomic mass is 10.1. The van der Waals surface area contributed by atoms with Gasteiger partial charge in [0.25, 0.3) is 0 Å². The van der Waals surface area contributed by atoms with Crippen LogP contribution in [0.1, 0.15) is 12.5 Å². The number of rotatable bonds is 1. The lowest BCUT2D eigenvalue weighted by Gasteiger charge is -2.21. The zero-order chi connectivity index (χ0) is 9.26. The molecule has 1 aromatic carbocycles. The Labute approximate surface area is 77.2 Å². The Hall–Kier alpha value is -1.51. The van der Waals surface area contributed by atoms with E-state index >= 15 is 0 Å². The van der Waals surface area contributed by atoms with Crippen molar-refractivity contribution in [3.63, 3.8) is 0 Å². The number of ether oxygens (including phenoxy) is 1. The largest absolute Gasteiger partial charge is 0.490 e. The van der Waals surface area contributed by atoms with Crippen molar-refractivity contribution in [2.45, 2.75) is 6.92 Å². The van der Waals surface area contributed by atoms with E-state index in [2.05, 4.69) is 5.32 Å². The van der Waals surface area contributed by atoms with E-state index in [1.165, 1.54) is 0 Å². The highest BCUT2D eigenvalue weighted by atomic mass is 16.5. The van der Waals surface area contributed by atoms with Gasteiger partial charge in [-0.25, -0.2) is 0 Å². The summed E-state index contributed by atoms with van der Waals surface area (Å²) < 4.78 is 5.46. The second-order valence-electron chi connectivity index (χ2n) is 3.08. The summed E-state index contributed by atoms with van der Waals surface area (Å²) in [5.74, 6) is 0.857. The fourth-order valence-electron chi connectivity index (χ4n) is 1.48. The first-order valence-electron chi connectivity index (χ1n) is 4.34. The Morgan fingerprint density at radius 1 is 1.54 bits per heavy atom. The molecule has 0 bridgehead atoms. The molecule has 3 heteroatoms. The molecule has 68 valence electrons. The van der Waals surface area contributed by atoms with Gasteiger partial charge in [0.05, 0.1) is 5.69 Å². The van der Waals surface area contributed by atoms with Gasteiger partial charge in [-0.2, -0.15) is 0 Å². The molecule has 0 spiro atoms. The SMILES string of the molecule is CC(=N)c1cccc2c1NCCO2. The lowest BCUT2D eigenvalue weighted by Crippen LogP contribution is -2.19. The molecule has 3 nitrogen and oxygen atoms in total. The van der Waals surface area contributed by atoms with Crippen LogP contribution in [0.3, 0.4) is 0 Å². The third kappa shape index (κ3) is 1.37. The highest BCUT2D eigenvalue weighted by Crippen LogP contribution is 2.30. The van der Waals surface area contributed by atoms with Gasteiger partial charge in [-0.1, -0.05) is 12.1 Å². The molecule has 2 N–H and O–H groups in total. The maximum atomic E-state index is 7.58. The van der Waals surface area contributed by atoms with Crippen LogP contribution in [-0.2, 0) is 0 Å². The predicted molar refractivity (Wildman–Crippen MR) is 52.9 cm³/mol. The molecule has 0 saturated carbocycles. The average Bonchev–Trinajstić information content (AvgIpc) is 2.17. The molecule has 0 radical (unpaired) electrons. The van der Waals surface area contributed by atoms with Gasteiger partial charge in [0.2, 0.25) is 0 Å². The Morgan fingerprint density at radius 2 is 2.38 bits per heavy atom. The number of fused-ring (bicyclic) bond motifs is 1. The summed E-state index contributed by atoms with van der Waals surface area (Å²) in [5, 5.41) is 10.8. The van der Waals surface area contributed by atoms with Crippen molar-refractivity contribution < 1.29 is 4.74 Å². The van der Waals surface area contributed by atoms with E-state index in [9.17, 15) is 0 Å². The number of hydrogen-bond acceptors (Lipinski definition) is 3. The van der Waals surface area contributed by atoms with Crippen LogP contribution in [0.15, 0.2) is 18.2 Å². The summed E-state index contributed by atoms with van der Waals surface area (Å²) in [6, 6.07) is 5.77. The number of benzene rings is 1. The average molecular weight is 176 g/mol. The van der Waals surface area contributed by atoms with Crippen molar-refractivity contribution in [2.75, 3.05) is 18.5 Å². The smallest absolute Gasteiger partial charge is 0.143 e. The fraction of sp³-hybridized carbons (Fsp3) is 0.300. The molecule has 2 rings (SSSR count). The minimum absolute atomic E-state index is 0.565. The molecule has 0 aliphatic carbocycles. The van der Waals surface area contributed by atoms with Gasteiger partial charge < -0.3 is 15.5 Å². The maximum absolute atomic E-state index is 7.58. The van der Waals surface area contributed by atoms with Crippen LogP contribution >= 0.6 is 0 Å². The van der Waals surface area contributed by atoms with Crippen LogP contribution in [0.5, 0.6) is 5.75 Å². The van der Waals surface area contributed by atoms with Gasteiger partial charge in [0.1, 0.15) is 12.4 Å². The van der Waals surface area contributed by atoms with E-state index in [0.717, 1.165) is 23.5 Å². The van der Waals surface area contributed by atoms with E-state index in [0.29, 0.717) is 12.3 Å². The molecule has 1 aliphatic heterocycles. The maximum Gasteiger partial charge on any atom is 0.143 e. The van der Waals surface area contributed by atoms with E-state index in [4.69, 9.17) is 10.1 Å². The molecule has 1 heterocycles. The van der Waals surface area contributed by atoms with Gasteiger partial charge in [-0.15, -0.1) is 0 Å². The first kappa shape index (κ1) is 8.10. The van der Waals surface area contributed by atoms with Gasteiger partial charge >= 0.3 is 0 Å². The van der Waals surface area contributed by atoms with Crippen molar-refractivity contribution in [3.05, 3.63) is 23.8 Å². The first-order chi connectivity index (χ1) is 6.29. The Balaban J connectivity index is 2.52. The first-order valence-corrected chi connectivity index (χ1v) is 4.34. The summed E-state index contributed by atoms with van der Waals surface area (Å²) in [6.07, 6.45) is 0. The van der Waals surface area contributed by atoms with Crippen LogP contribution in [-0.4, -0.2) is 18.9 Å². The standard InChI is InChI=1S/C10H12N2O/c1-7(11)8-3-2-4-9-10(8)12-5-6-13-9/h2-4,11-12H,5-6H2,1H3. The second kappa shape index (κ2) is 3.09. The molecular weight excluding hydrogens is 164 g/mol. The van der Waals surface area contributed by atoms with E-state index in [1.54, 1.807) is 6.92 Å². The van der Waals surface area contributed by atoms with Crippen molar-refractivity contribution in [1.29, 1.82) is 5.41 Å². The molecule has 0 unspecified atom stereocenters. The highest BCUT2D eigenvalue weighted by molar-refractivity contribution is 6.02. The second-order valence-corrected chi connectivity index (χ2v) is 3.08. The molecule has 13 heavy (non-hydrogen) atoms. The van der Waals surface area contributed by atoms with Gasteiger partial charge in [0.15, 0.2) is 0 Å². The van der Waals surface area contributed by atoms with Crippen LogP contribution < -0.4 is 10.1 Å². The fourth-order valence-corrected chi connectivity index (χ4v) is 1.48. The van der Waals surface area contributed by atoms with E-state index < -0.39 is 0 Å². The van der Waals surface area contributed by atoms with Crippen molar-refractivity contribution in [1.82, 2.24) is 0 Å². The molecule has 0 amide bonds. The zero-order valence-electron chi connectivity index (χ0n) is 7.55. The Kier molecular flexibility index (Phi) is 1.93. The van der Waals surface area contributed by atoms with Crippen molar-refractivity contribution in [2.24, 2.45) is 0 Å². The number of nitrogens with one attached hydrogen (secondary N) is 2. The van der Waals surface area contributed by atoms with Gasteiger partial charge in [-0.3, -0.25) is 0 Å².